The Labute approximate surface area is 209 Å². The van der Waals surface area contributed by atoms with Gasteiger partial charge in [-0.05, 0) is 49.4 Å². The number of hydrogen-bond donors (Lipinski definition) is 3. The predicted molar refractivity (Wildman–Crippen MR) is 136 cm³/mol. The Balaban J connectivity index is 1.53. The molecule has 2 amide bonds. The van der Waals surface area contributed by atoms with Gasteiger partial charge in [0.05, 0.1) is 10.9 Å². The minimum Gasteiger partial charge on any atom is -0.508 e. The molecule has 1 atom stereocenters. The van der Waals surface area contributed by atoms with Crippen LogP contribution in [0.2, 0.25) is 0 Å². The smallest absolute Gasteiger partial charge is 0.257 e. The summed E-state index contributed by atoms with van der Waals surface area (Å²) < 4.78 is 12.7. The fourth-order valence-corrected chi connectivity index (χ4v) is 4.26. The van der Waals surface area contributed by atoms with Crippen molar-refractivity contribution in [2.24, 2.45) is 5.92 Å². The number of amides is 2. The van der Waals surface area contributed by atoms with E-state index < -0.39 is 17.4 Å². The van der Waals surface area contributed by atoms with Gasteiger partial charge in [-0.25, -0.2) is 0 Å². The first-order valence-corrected chi connectivity index (χ1v) is 12.1. The van der Waals surface area contributed by atoms with Crippen molar-refractivity contribution < 1.29 is 24.2 Å². The van der Waals surface area contributed by atoms with Gasteiger partial charge in [0.25, 0.3) is 5.91 Å². The Morgan fingerprint density at radius 3 is 2.47 bits per heavy atom. The number of nitrogens with one attached hydrogen (secondary N) is 2. The van der Waals surface area contributed by atoms with E-state index in [0.29, 0.717) is 48.3 Å². The van der Waals surface area contributed by atoms with E-state index >= 15 is 0 Å². The molecule has 190 valence electrons. The van der Waals surface area contributed by atoms with Gasteiger partial charge >= 0.3 is 0 Å². The number of hydrogen-bond acceptors (Lipinski definition) is 6. The summed E-state index contributed by atoms with van der Waals surface area (Å²) in [5.41, 5.74) is 1.15. The molecule has 0 aliphatic carbocycles. The summed E-state index contributed by atoms with van der Waals surface area (Å²) in [6, 6.07) is 9.33. The van der Waals surface area contributed by atoms with Gasteiger partial charge in [-0.3, -0.25) is 14.4 Å². The number of pyridine rings is 1. The van der Waals surface area contributed by atoms with Crippen LogP contribution in [0.3, 0.4) is 0 Å². The fourth-order valence-electron chi connectivity index (χ4n) is 4.26. The van der Waals surface area contributed by atoms with Gasteiger partial charge in [0, 0.05) is 25.4 Å². The second-order valence-electron chi connectivity index (χ2n) is 9.24. The number of rotatable bonds is 9. The van der Waals surface area contributed by atoms with Crippen LogP contribution in [-0.4, -0.2) is 40.9 Å². The fraction of sp³-hybridized carbons (Fsp3) is 0.370. The van der Waals surface area contributed by atoms with Crippen LogP contribution in [0.1, 0.15) is 43.1 Å². The highest BCUT2D eigenvalue weighted by molar-refractivity contribution is 6.00. The van der Waals surface area contributed by atoms with Gasteiger partial charge in [-0.1, -0.05) is 26.0 Å². The van der Waals surface area contributed by atoms with Crippen molar-refractivity contribution in [2.75, 3.05) is 13.3 Å². The van der Waals surface area contributed by atoms with Crippen LogP contribution in [0.4, 0.5) is 0 Å². The van der Waals surface area contributed by atoms with Crippen LogP contribution < -0.4 is 25.5 Å². The average molecular weight is 494 g/mol. The van der Waals surface area contributed by atoms with Gasteiger partial charge in [0.2, 0.25) is 18.1 Å². The molecule has 0 saturated carbocycles. The lowest BCUT2D eigenvalue weighted by molar-refractivity contribution is -0.123. The third-order valence-electron chi connectivity index (χ3n) is 6.14. The van der Waals surface area contributed by atoms with E-state index in [0.717, 1.165) is 5.56 Å². The lowest BCUT2D eigenvalue weighted by atomic mass is 10.0. The van der Waals surface area contributed by atoms with E-state index in [1.807, 2.05) is 25.3 Å². The molecule has 0 spiro atoms. The number of phenols is 1. The monoisotopic (exact) mass is 493 g/mol. The number of fused-ring (bicyclic) bond motifs is 2. The highest BCUT2D eigenvalue weighted by atomic mass is 16.7. The Kier molecular flexibility index (Phi) is 7.47. The molecule has 1 aromatic heterocycles. The molecule has 2 aromatic carbocycles. The van der Waals surface area contributed by atoms with Crippen LogP contribution in [-0.2, 0) is 17.8 Å². The third-order valence-corrected chi connectivity index (χ3v) is 6.14. The molecule has 4 rings (SSSR count). The number of benzene rings is 2. The van der Waals surface area contributed by atoms with Crippen molar-refractivity contribution in [1.29, 1.82) is 0 Å². The minimum absolute atomic E-state index is 0.0335. The lowest BCUT2D eigenvalue weighted by Crippen LogP contribution is -2.48. The number of aryl methyl sites for hydroxylation is 1. The molecule has 3 aromatic rings. The van der Waals surface area contributed by atoms with E-state index in [2.05, 4.69) is 10.6 Å². The summed E-state index contributed by atoms with van der Waals surface area (Å²) in [4.78, 5) is 39.5. The molecule has 0 unspecified atom stereocenters. The Hall–Kier alpha value is -4.01. The summed E-state index contributed by atoms with van der Waals surface area (Å²) in [5, 5.41) is 15.4. The van der Waals surface area contributed by atoms with E-state index in [4.69, 9.17) is 9.47 Å². The number of ether oxygens (including phenoxy) is 2. The first kappa shape index (κ1) is 25.1. The molecule has 2 heterocycles. The van der Waals surface area contributed by atoms with Crippen molar-refractivity contribution >= 4 is 22.7 Å². The van der Waals surface area contributed by atoms with Gasteiger partial charge < -0.3 is 29.8 Å². The van der Waals surface area contributed by atoms with Crippen molar-refractivity contribution in [3.63, 3.8) is 0 Å². The quantitative estimate of drug-likeness (QED) is 0.422. The molecular weight excluding hydrogens is 462 g/mol. The number of aromatic hydroxyl groups is 1. The molecule has 36 heavy (non-hydrogen) atoms. The Bertz CT molecular complexity index is 1330. The van der Waals surface area contributed by atoms with E-state index in [9.17, 15) is 19.5 Å². The summed E-state index contributed by atoms with van der Waals surface area (Å²) in [6.45, 7) is 6.83. The molecular formula is C27H31N3O6. The number of phenolic OH excluding ortho intramolecular Hbond substituents is 1. The van der Waals surface area contributed by atoms with Crippen LogP contribution >= 0.6 is 0 Å². The van der Waals surface area contributed by atoms with Crippen LogP contribution in [0.5, 0.6) is 17.2 Å². The number of nitrogens with zero attached hydrogens (tertiary/aromatic N) is 1. The molecule has 0 saturated heterocycles. The molecule has 0 bridgehead atoms. The normalized spacial score (nSPS) is 13.1. The number of aromatic nitrogens is 1. The molecule has 1 aliphatic rings. The third kappa shape index (κ3) is 5.45. The number of carbonyl (C=O) groups excluding carboxylic acids is 2. The summed E-state index contributed by atoms with van der Waals surface area (Å²) >= 11 is 0. The molecule has 1 aliphatic heterocycles. The predicted octanol–water partition coefficient (Wildman–Crippen LogP) is 2.96. The zero-order valence-corrected chi connectivity index (χ0v) is 20.7. The second kappa shape index (κ2) is 10.7. The van der Waals surface area contributed by atoms with E-state index in [1.165, 1.54) is 6.20 Å². The lowest BCUT2D eigenvalue weighted by Gasteiger charge is -2.21. The zero-order chi connectivity index (χ0) is 25.8. The maximum absolute atomic E-state index is 13.3. The standard InChI is InChI=1S/C27H31N3O6/c1-4-30-14-20(25(32)19-12-23-24(13-22(19)30)36-15-35-23)26(33)29-21(11-16(2)3)27(34)28-10-9-17-5-7-18(31)8-6-17/h5-8,12-14,16,21,31H,4,9-11,15H2,1-3H3,(H,28,34)(H,29,33)/t21-/m0/s1. The van der Waals surface area contributed by atoms with Crippen molar-refractivity contribution in [2.45, 2.75) is 46.2 Å². The van der Waals surface area contributed by atoms with Crippen molar-refractivity contribution in [1.82, 2.24) is 15.2 Å². The zero-order valence-electron chi connectivity index (χ0n) is 20.7. The van der Waals surface area contributed by atoms with Gasteiger partial charge in [-0.15, -0.1) is 0 Å². The summed E-state index contributed by atoms with van der Waals surface area (Å²) in [7, 11) is 0. The maximum atomic E-state index is 13.3. The van der Waals surface area contributed by atoms with Gasteiger partial charge in [-0.2, -0.15) is 0 Å². The average Bonchev–Trinajstić information content (AvgIpc) is 3.31. The number of carbonyl (C=O) groups is 2. The molecule has 9 nitrogen and oxygen atoms in total. The SMILES string of the molecule is CCn1cc(C(=O)N[C@@H](CC(C)C)C(=O)NCCc2ccc(O)cc2)c(=O)c2cc3c(cc21)OCO3. The van der Waals surface area contributed by atoms with Crippen molar-refractivity contribution in [3.8, 4) is 17.2 Å². The van der Waals surface area contributed by atoms with Gasteiger partial charge in [0.1, 0.15) is 17.4 Å². The van der Waals surface area contributed by atoms with Gasteiger partial charge in [0.15, 0.2) is 11.5 Å². The van der Waals surface area contributed by atoms with Crippen LogP contribution in [0.25, 0.3) is 10.9 Å². The molecule has 0 fully saturated rings. The highest BCUT2D eigenvalue weighted by Gasteiger charge is 2.25. The van der Waals surface area contributed by atoms with E-state index in [-0.39, 0.29) is 29.9 Å². The molecule has 9 heteroatoms. The Morgan fingerprint density at radius 2 is 1.81 bits per heavy atom. The molecule has 3 N–H and O–H groups in total. The van der Waals surface area contributed by atoms with Crippen LogP contribution in [0, 0.1) is 5.92 Å². The second-order valence-corrected chi connectivity index (χ2v) is 9.24. The first-order chi connectivity index (χ1) is 17.3. The maximum Gasteiger partial charge on any atom is 0.257 e. The molecule has 0 radical (unpaired) electrons. The first-order valence-electron chi connectivity index (χ1n) is 12.1. The largest absolute Gasteiger partial charge is 0.508 e. The summed E-state index contributed by atoms with van der Waals surface area (Å²) in [5.74, 6) is 0.440. The van der Waals surface area contributed by atoms with Crippen molar-refractivity contribution in [3.05, 3.63) is 63.9 Å². The van der Waals surface area contributed by atoms with E-state index in [1.54, 1.807) is 36.4 Å². The summed E-state index contributed by atoms with van der Waals surface area (Å²) in [6.07, 6.45) is 2.53. The highest BCUT2D eigenvalue weighted by Crippen LogP contribution is 2.35. The topological polar surface area (TPSA) is 119 Å². The van der Waals surface area contributed by atoms with Crippen LogP contribution in [0.15, 0.2) is 47.4 Å². The minimum atomic E-state index is -0.792. The Morgan fingerprint density at radius 1 is 1.11 bits per heavy atom.